The maximum Gasteiger partial charge on any atom is 0.127 e. The van der Waals surface area contributed by atoms with E-state index >= 15 is 0 Å². The van der Waals surface area contributed by atoms with Crippen LogP contribution < -0.4 is 15.2 Å². The van der Waals surface area contributed by atoms with Gasteiger partial charge in [0.05, 0.1) is 20.3 Å². The summed E-state index contributed by atoms with van der Waals surface area (Å²) in [7, 11) is 5.49. The molecule has 0 spiro atoms. The van der Waals surface area contributed by atoms with E-state index in [4.69, 9.17) is 15.2 Å². The Labute approximate surface area is 115 Å². The molecule has 1 atom stereocenters. The molecule has 4 nitrogen and oxygen atoms in total. The second-order valence-corrected chi connectivity index (χ2v) is 5.24. The molecule has 19 heavy (non-hydrogen) atoms. The van der Waals surface area contributed by atoms with Crippen molar-refractivity contribution in [3.8, 4) is 11.5 Å². The first-order valence-electron chi connectivity index (χ1n) is 6.81. The van der Waals surface area contributed by atoms with E-state index in [-0.39, 0.29) is 6.04 Å². The van der Waals surface area contributed by atoms with Crippen LogP contribution in [0.3, 0.4) is 0 Å². The SMILES string of the molecule is COc1ccc(C(CN)N(C)CC2CC2)c(OC)c1. The first kappa shape index (κ1) is 14.2. The quantitative estimate of drug-likeness (QED) is 0.819. The Morgan fingerprint density at radius 1 is 1.32 bits per heavy atom. The molecule has 106 valence electrons. The molecular formula is C15H24N2O2. The van der Waals surface area contributed by atoms with Gasteiger partial charge in [-0.05, 0) is 31.9 Å². The maximum absolute atomic E-state index is 5.97. The van der Waals surface area contributed by atoms with Crippen LogP contribution in [-0.4, -0.2) is 39.3 Å². The molecule has 0 aromatic heterocycles. The molecule has 2 rings (SSSR count). The number of methoxy groups -OCH3 is 2. The summed E-state index contributed by atoms with van der Waals surface area (Å²) in [6.07, 6.45) is 2.70. The molecule has 1 aromatic rings. The second kappa shape index (κ2) is 6.26. The Hall–Kier alpha value is -1.26. The molecule has 2 N–H and O–H groups in total. The van der Waals surface area contributed by atoms with E-state index in [0.29, 0.717) is 6.54 Å². The van der Waals surface area contributed by atoms with E-state index in [1.165, 1.54) is 12.8 Å². The molecule has 1 aliphatic rings. The van der Waals surface area contributed by atoms with E-state index < -0.39 is 0 Å². The van der Waals surface area contributed by atoms with Crippen molar-refractivity contribution in [1.82, 2.24) is 4.90 Å². The first-order valence-corrected chi connectivity index (χ1v) is 6.81. The number of hydrogen-bond donors (Lipinski definition) is 1. The van der Waals surface area contributed by atoms with Crippen molar-refractivity contribution in [1.29, 1.82) is 0 Å². The average Bonchev–Trinajstić information content (AvgIpc) is 3.23. The maximum atomic E-state index is 5.97. The van der Waals surface area contributed by atoms with Crippen molar-refractivity contribution in [3.05, 3.63) is 23.8 Å². The Morgan fingerprint density at radius 2 is 2.05 bits per heavy atom. The van der Waals surface area contributed by atoms with Gasteiger partial charge in [-0.25, -0.2) is 0 Å². The first-order chi connectivity index (χ1) is 9.19. The Bertz CT molecular complexity index is 419. The van der Waals surface area contributed by atoms with Crippen molar-refractivity contribution in [2.45, 2.75) is 18.9 Å². The summed E-state index contributed by atoms with van der Waals surface area (Å²) >= 11 is 0. The molecule has 0 amide bonds. The van der Waals surface area contributed by atoms with Gasteiger partial charge in [0.25, 0.3) is 0 Å². The van der Waals surface area contributed by atoms with Crippen LogP contribution in [0, 0.1) is 5.92 Å². The van der Waals surface area contributed by atoms with Crippen molar-refractivity contribution in [3.63, 3.8) is 0 Å². The third kappa shape index (κ3) is 3.39. The lowest BCUT2D eigenvalue weighted by atomic mass is 10.0. The molecule has 4 heteroatoms. The highest BCUT2D eigenvalue weighted by Gasteiger charge is 2.27. The predicted molar refractivity (Wildman–Crippen MR) is 76.7 cm³/mol. The largest absolute Gasteiger partial charge is 0.497 e. The van der Waals surface area contributed by atoms with Gasteiger partial charge in [0.15, 0.2) is 0 Å². The summed E-state index contributed by atoms with van der Waals surface area (Å²) in [6, 6.07) is 6.13. The van der Waals surface area contributed by atoms with Crippen LogP contribution in [0.1, 0.15) is 24.4 Å². The molecule has 0 aliphatic heterocycles. The van der Waals surface area contributed by atoms with Crippen molar-refractivity contribution in [2.24, 2.45) is 11.7 Å². The standard InChI is InChI=1S/C15H24N2O2/c1-17(10-11-4-5-11)14(9-16)13-7-6-12(18-2)8-15(13)19-3/h6-8,11,14H,4-5,9-10,16H2,1-3H3. The number of nitrogens with two attached hydrogens (primary N) is 1. The zero-order chi connectivity index (χ0) is 13.8. The van der Waals surface area contributed by atoms with E-state index in [0.717, 1.165) is 29.5 Å². The van der Waals surface area contributed by atoms with Gasteiger partial charge in [0.1, 0.15) is 11.5 Å². The minimum atomic E-state index is 0.196. The van der Waals surface area contributed by atoms with Crippen LogP contribution in [-0.2, 0) is 0 Å². The third-order valence-corrected chi connectivity index (χ3v) is 3.80. The number of rotatable bonds is 7. The highest BCUT2D eigenvalue weighted by atomic mass is 16.5. The molecule has 1 saturated carbocycles. The van der Waals surface area contributed by atoms with Crippen molar-refractivity contribution < 1.29 is 9.47 Å². The molecule has 1 unspecified atom stereocenters. The van der Waals surface area contributed by atoms with Gasteiger partial charge >= 0.3 is 0 Å². The summed E-state index contributed by atoms with van der Waals surface area (Å²) in [5, 5.41) is 0. The summed E-state index contributed by atoms with van der Waals surface area (Å²) in [5.41, 5.74) is 7.10. The fourth-order valence-corrected chi connectivity index (χ4v) is 2.47. The lowest BCUT2D eigenvalue weighted by Crippen LogP contribution is -2.32. The van der Waals surface area contributed by atoms with E-state index in [1.54, 1.807) is 14.2 Å². The molecule has 0 heterocycles. The lowest BCUT2D eigenvalue weighted by molar-refractivity contribution is 0.234. The highest BCUT2D eigenvalue weighted by Crippen LogP contribution is 2.35. The number of likely N-dealkylation sites (N-methyl/N-ethyl adjacent to an activating group) is 1. The fraction of sp³-hybridized carbons (Fsp3) is 0.600. The predicted octanol–water partition coefficient (Wildman–Crippen LogP) is 2.05. The molecule has 0 bridgehead atoms. The monoisotopic (exact) mass is 264 g/mol. The van der Waals surface area contributed by atoms with Gasteiger partial charge in [-0.15, -0.1) is 0 Å². The molecule has 1 aliphatic carbocycles. The zero-order valence-electron chi connectivity index (χ0n) is 12.1. The van der Waals surface area contributed by atoms with Gasteiger partial charge in [-0.2, -0.15) is 0 Å². The molecule has 0 radical (unpaired) electrons. The Morgan fingerprint density at radius 3 is 2.58 bits per heavy atom. The lowest BCUT2D eigenvalue weighted by Gasteiger charge is -2.28. The molecular weight excluding hydrogens is 240 g/mol. The van der Waals surface area contributed by atoms with Crippen LogP contribution in [0.15, 0.2) is 18.2 Å². The molecule has 1 fully saturated rings. The molecule has 1 aromatic carbocycles. The summed E-state index contributed by atoms with van der Waals surface area (Å²) in [5.74, 6) is 2.50. The fourth-order valence-electron chi connectivity index (χ4n) is 2.47. The number of ether oxygens (including phenoxy) is 2. The van der Waals surface area contributed by atoms with Gasteiger partial charge in [-0.3, -0.25) is 4.90 Å². The highest BCUT2D eigenvalue weighted by molar-refractivity contribution is 5.42. The smallest absolute Gasteiger partial charge is 0.127 e. The zero-order valence-corrected chi connectivity index (χ0v) is 12.1. The topological polar surface area (TPSA) is 47.7 Å². The Kier molecular flexibility index (Phi) is 4.66. The minimum Gasteiger partial charge on any atom is -0.497 e. The van der Waals surface area contributed by atoms with Gasteiger partial charge in [-0.1, -0.05) is 6.07 Å². The molecule has 0 saturated heterocycles. The van der Waals surface area contributed by atoms with Crippen LogP contribution in [0.4, 0.5) is 0 Å². The van der Waals surface area contributed by atoms with Gasteiger partial charge in [0, 0.05) is 24.7 Å². The van der Waals surface area contributed by atoms with Crippen molar-refractivity contribution >= 4 is 0 Å². The second-order valence-electron chi connectivity index (χ2n) is 5.24. The van der Waals surface area contributed by atoms with E-state index in [1.807, 2.05) is 12.1 Å². The Balaban J connectivity index is 2.20. The minimum absolute atomic E-state index is 0.196. The number of benzene rings is 1. The summed E-state index contributed by atoms with van der Waals surface area (Å²) in [6.45, 7) is 1.70. The number of hydrogen-bond acceptors (Lipinski definition) is 4. The third-order valence-electron chi connectivity index (χ3n) is 3.80. The van der Waals surface area contributed by atoms with E-state index in [2.05, 4.69) is 18.0 Å². The average molecular weight is 264 g/mol. The summed E-state index contributed by atoms with van der Waals surface area (Å²) in [4.78, 5) is 2.34. The summed E-state index contributed by atoms with van der Waals surface area (Å²) < 4.78 is 10.7. The number of nitrogens with zero attached hydrogens (tertiary/aromatic N) is 1. The van der Waals surface area contributed by atoms with Crippen LogP contribution in [0.5, 0.6) is 11.5 Å². The van der Waals surface area contributed by atoms with Crippen molar-refractivity contribution in [2.75, 3.05) is 34.4 Å². The van der Waals surface area contributed by atoms with Gasteiger partial charge < -0.3 is 15.2 Å². The van der Waals surface area contributed by atoms with Crippen LogP contribution >= 0.6 is 0 Å². The van der Waals surface area contributed by atoms with Crippen LogP contribution in [0.25, 0.3) is 0 Å². The van der Waals surface area contributed by atoms with E-state index in [9.17, 15) is 0 Å². The normalized spacial score (nSPS) is 16.5. The van der Waals surface area contributed by atoms with Gasteiger partial charge in [0.2, 0.25) is 0 Å². The van der Waals surface area contributed by atoms with Crippen LogP contribution in [0.2, 0.25) is 0 Å².